The average molecular weight is 288 g/mol. The highest BCUT2D eigenvalue weighted by Crippen LogP contribution is 2.12. The Kier molecular flexibility index (Phi) is 5.60. The number of rotatable bonds is 6. The zero-order valence-corrected chi connectivity index (χ0v) is 11.4. The highest BCUT2D eigenvalue weighted by molar-refractivity contribution is 9.09. The first-order chi connectivity index (χ1) is 7.70. The molecule has 0 aliphatic carbocycles. The van der Waals surface area contributed by atoms with Crippen molar-refractivity contribution >= 4 is 21.8 Å². The van der Waals surface area contributed by atoms with E-state index in [0.29, 0.717) is 5.76 Å². The number of nitrogens with zero attached hydrogens (tertiary/aromatic N) is 1. The molecule has 0 fully saturated rings. The molecule has 0 unspecified atom stereocenters. The monoisotopic (exact) mass is 287 g/mol. The third-order valence-electron chi connectivity index (χ3n) is 2.48. The summed E-state index contributed by atoms with van der Waals surface area (Å²) >= 11 is 3.37. The Balaban J connectivity index is 2.70. The molecule has 1 heterocycles. The first-order valence-corrected chi connectivity index (χ1v) is 6.72. The lowest BCUT2D eigenvalue weighted by Crippen LogP contribution is -2.33. The van der Waals surface area contributed by atoms with E-state index in [-0.39, 0.29) is 5.91 Å². The highest BCUT2D eigenvalue weighted by atomic mass is 79.9. The van der Waals surface area contributed by atoms with Crippen LogP contribution in [-0.2, 0) is 0 Å². The fourth-order valence-electron chi connectivity index (χ4n) is 1.50. The molecule has 1 rings (SSSR count). The van der Waals surface area contributed by atoms with Gasteiger partial charge in [-0.2, -0.15) is 0 Å². The van der Waals surface area contributed by atoms with E-state index in [1.54, 1.807) is 6.26 Å². The predicted octanol–water partition coefficient (Wildman–Crippen LogP) is 3.23. The van der Waals surface area contributed by atoms with Crippen molar-refractivity contribution in [3.05, 3.63) is 23.7 Å². The minimum atomic E-state index is -0.00426. The van der Waals surface area contributed by atoms with Crippen LogP contribution in [0, 0.1) is 6.92 Å². The molecule has 0 aliphatic heterocycles. The van der Waals surface area contributed by atoms with E-state index in [4.69, 9.17) is 4.42 Å². The zero-order chi connectivity index (χ0) is 12.0. The van der Waals surface area contributed by atoms with Crippen molar-refractivity contribution in [2.45, 2.75) is 26.7 Å². The maximum Gasteiger partial charge on any atom is 0.289 e. The molecule has 90 valence electrons. The highest BCUT2D eigenvalue weighted by Gasteiger charge is 2.19. The lowest BCUT2D eigenvalue weighted by atomic mass is 10.2. The first kappa shape index (κ1) is 13.3. The second-order valence-electron chi connectivity index (χ2n) is 3.77. The molecule has 0 spiro atoms. The third kappa shape index (κ3) is 3.37. The minimum absolute atomic E-state index is 0.00426. The Hall–Kier alpha value is -0.770. The van der Waals surface area contributed by atoms with E-state index < -0.39 is 0 Å². The standard InChI is InChI=1S/C12H18BrNO2/c1-3-4-7-14(8-6-13)12(15)11-10(2)5-9-16-11/h5,9H,3-4,6-8H2,1-2H3. The van der Waals surface area contributed by atoms with Gasteiger partial charge in [0.05, 0.1) is 6.26 Å². The van der Waals surface area contributed by atoms with Gasteiger partial charge in [0.15, 0.2) is 5.76 Å². The number of amides is 1. The Labute approximate surface area is 105 Å². The number of hydrogen-bond acceptors (Lipinski definition) is 2. The van der Waals surface area contributed by atoms with Crippen molar-refractivity contribution in [3.63, 3.8) is 0 Å². The molecule has 0 aliphatic rings. The topological polar surface area (TPSA) is 33.5 Å². The first-order valence-electron chi connectivity index (χ1n) is 5.60. The molecule has 1 amide bonds. The summed E-state index contributed by atoms with van der Waals surface area (Å²) in [7, 11) is 0. The van der Waals surface area contributed by atoms with E-state index in [2.05, 4.69) is 22.9 Å². The number of halogens is 1. The van der Waals surface area contributed by atoms with E-state index in [0.717, 1.165) is 36.8 Å². The molecule has 1 aromatic heterocycles. The number of furan rings is 1. The van der Waals surface area contributed by atoms with Gasteiger partial charge in [-0.05, 0) is 19.4 Å². The summed E-state index contributed by atoms with van der Waals surface area (Å²) in [5, 5.41) is 0.794. The smallest absolute Gasteiger partial charge is 0.289 e. The van der Waals surface area contributed by atoms with Gasteiger partial charge in [0.1, 0.15) is 0 Å². The molecule has 0 atom stereocenters. The van der Waals surface area contributed by atoms with Crippen molar-refractivity contribution in [1.82, 2.24) is 4.90 Å². The number of aryl methyl sites for hydroxylation is 1. The average Bonchev–Trinajstić information content (AvgIpc) is 2.69. The zero-order valence-electron chi connectivity index (χ0n) is 9.83. The van der Waals surface area contributed by atoms with Gasteiger partial charge in [0.25, 0.3) is 5.91 Å². The largest absolute Gasteiger partial charge is 0.459 e. The molecular weight excluding hydrogens is 270 g/mol. The van der Waals surface area contributed by atoms with E-state index in [9.17, 15) is 4.79 Å². The van der Waals surface area contributed by atoms with Crippen LogP contribution in [0.5, 0.6) is 0 Å². The van der Waals surface area contributed by atoms with Crippen LogP contribution >= 0.6 is 15.9 Å². The summed E-state index contributed by atoms with van der Waals surface area (Å²) in [5.41, 5.74) is 0.904. The molecule has 0 N–H and O–H groups in total. The summed E-state index contributed by atoms with van der Waals surface area (Å²) in [6.07, 6.45) is 3.68. The van der Waals surface area contributed by atoms with Crippen LogP contribution in [0.2, 0.25) is 0 Å². The molecule has 4 heteroatoms. The summed E-state index contributed by atoms with van der Waals surface area (Å²) < 4.78 is 5.23. The van der Waals surface area contributed by atoms with Gasteiger partial charge in [-0.25, -0.2) is 0 Å². The van der Waals surface area contributed by atoms with Gasteiger partial charge in [0.2, 0.25) is 0 Å². The summed E-state index contributed by atoms with van der Waals surface area (Å²) in [4.78, 5) is 14.0. The van der Waals surface area contributed by atoms with Crippen LogP contribution in [0.1, 0.15) is 35.9 Å². The maximum absolute atomic E-state index is 12.1. The number of hydrogen-bond donors (Lipinski definition) is 0. The molecule has 1 aromatic rings. The van der Waals surface area contributed by atoms with Crippen molar-refractivity contribution in [2.24, 2.45) is 0 Å². The van der Waals surface area contributed by atoms with Gasteiger partial charge < -0.3 is 9.32 Å². The van der Waals surface area contributed by atoms with Gasteiger partial charge in [0, 0.05) is 24.0 Å². The lowest BCUT2D eigenvalue weighted by molar-refractivity contribution is 0.0731. The van der Waals surface area contributed by atoms with E-state index in [1.807, 2.05) is 17.9 Å². The van der Waals surface area contributed by atoms with Crippen LogP contribution in [0.15, 0.2) is 16.7 Å². The van der Waals surface area contributed by atoms with Gasteiger partial charge in [-0.15, -0.1) is 0 Å². The molecule has 0 saturated carbocycles. The second-order valence-corrected chi connectivity index (χ2v) is 4.56. The van der Waals surface area contributed by atoms with Crippen molar-refractivity contribution in [2.75, 3.05) is 18.4 Å². The fourth-order valence-corrected chi connectivity index (χ4v) is 1.93. The van der Waals surface area contributed by atoms with Crippen LogP contribution in [-0.4, -0.2) is 29.2 Å². The van der Waals surface area contributed by atoms with Gasteiger partial charge in [-0.1, -0.05) is 29.3 Å². The van der Waals surface area contributed by atoms with Gasteiger partial charge >= 0.3 is 0 Å². The Morgan fingerprint density at radius 1 is 1.50 bits per heavy atom. The fraction of sp³-hybridized carbons (Fsp3) is 0.583. The number of carbonyl (C=O) groups excluding carboxylic acids is 1. The van der Waals surface area contributed by atoms with Crippen molar-refractivity contribution in [1.29, 1.82) is 0 Å². The number of alkyl halides is 1. The molecule has 0 aromatic carbocycles. The summed E-state index contributed by atoms with van der Waals surface area (Å²) in [6.45, 7) is 5.53. The SMILES string of the molecule is CCCCN(CCBr)C(=O)c1occc1C. The molecule has 3 nitrogen and oxygen atoms in total. The molecular formula is C12H18BrNO2. The van der Waals surface area contributed by atoms with Crippen molar-refractivity contribution in [3.8, 4) is 0 Å². The Morgan fingerprint density at radius 2 is 2.25 bits per heavy atom. The Morgan fingerprint density at radius 3 is 2.75 bits per heavy atom. The summed E-state index contributed by atoms with van der Waals surface area (Å²) in [5.74, 6) is 0.465. The molecule has 0 radical (unpaired) electrons. The minimum Gasteiger partial charge on any atom is -0.459 e. The number of unbranched alkanes of at least 4 members (excludes halogenated alkanes) is 1. The molecule has 16 heavy (non-hydrogen) atoms. The normalized spacial score (nSPS) is 10.4. The van der Waals surface area contributed by atoms with Crippen LogP contribution in [0.3, 0.4) is 0 Å². The molecule has 0 saturated heterocycles. The molecule has 0 bridgehead atoms. The quantitative estimate of drug-likeness (QED) is 0.753. The maximum atomic E-state index is 12.1. The van der Waals surface area contributed by atoms with Crippen LogP contribution in [0.25, 0.3) is 0 Å². The van der Waals surface area contributed by atoms with E-state index >= 15 is 0 Å². The predicted molar refractivity (Wildman–Crippen MR) is 68.1 cm³/mol. The van der Waals surface area contributed by atoms with Crippen LogP contribution in [0.4, 0.5) is 0 Å². The van der Waals surface area contributed by atoms with Crippen molar-refractivity contribution < 1.29 is 9.21 Å². The van der Waals surface area contributed by atoms with Crippen LogP contribution < -0.4 is 0 Å². The van der Waals surface area contributed by atoms with Gasteiger partial charge in [-0.3, -0.25) is 4.79 Å². The third-order valence-corrected chi connectivity index (χ3v) is 2.83. The Bertz CT molecular complexity index is 336. The second kappa shape index (κ2) is 6.74. The van der Waals surface area contributed by atoms with E-state index in [1.165, 1.54) is 0 Å². The summed E-state index contributed by atoms with van der Waals surface area (Å²) in [6, 6.07) is 1.82. The lowest BCUT2D eigenvalue weighted by Gasteiger charge is -2.20. The number of carbonyl (C=O) groups is 1.